The maximum absolute atomic E-state index is 9.99. The number of ether oxygens (including phenoxy) is 1. The minimum atomic E-state index is -0.816. The van der Waals surface area contributed by atoms with E-state index in [9.17, 15) is 5.11 Å². The largest absolute Gasteiger partial charge is 0.377 e. The molecule has 6 heteroatoms. The third-order valence-electron chi connectivity index (χ3n) is 2.72. The SMILES string of the molecule is CC(C)OCCNC(O)n1cnc(-c2cccnc2)c1. The fourth-order valence-electron chi connectivity index (χ4n) is 1.72. The lowest BCUT2D eigenvalue weighted by Gasteiger charge is -2.14. The first-order chi connectivity index (χ1) is 9.66. The summed E-state index contributed by atoms with van der Waals surface area (Å²) in [5.74, 6) is 0. The summed E-state index contributed by atoms with van der Waals surface area (Å²) in [6, 6.07) is 3.78. The van der Waals surface area contributed by atoms with E-state index in [-0.39, 0.29) is 6.10 Å². The smallest absolute Gasteiger partial charge is 0.188 e. The van der Waals surface area contributed by atoms with Gasteiger partial charge in [-0.2, -0.15) is 0 Å². The molecule has 108 valence electrons. The third kappa shape index (κ3) is 4.12. The molecule has 0 radical (unpaired) electrons. The highest BCUT2D eigenvalue weighted by Gasteiger charge is 2.08. The van der Waals surface area contributed by atoms with E-state index in [1.165, 1.54) is 0 Å². The normalized spacial score (nSPS) is 12.8. The first-order valence-corrected chi connectivity index (χ1v) is 6.63. The molecule has 0 spiro atoms. The van der Waals surface area contributed by atoms with Crippen molar-refractivity contribution < 1.29 is 9.84 Å². The van der Waals surface area contributed by atoms with Crippen LogP contribution >= 0.6 is 0 Å². The molecule has 6 nitrogen and oxygen atoms in total. The zero-order valence-electron chi connectivity index (χ0n) is 11.7. The molecule has 2 heterocycles. The molecule has 0 amide bonds. The molecule has 0 saturated heterocycles. The standard InChI is InChI=1S/C14H20N4O2/c1-11(2)20-7-6-16-14(19)18-9-13(17-10-18)12-4-3-5-15-8-12/h3-5,8-11,14,16,19H,6-7H2,1-2H3. The number of hydrogen-bond acceptors (Lipinski definition) is 5. The Labute approximate surface area is 118 Å². The Morgan fingerprint density at radius 1 is 1.45 bits per heavy atom. The zero-order valence-corrected chi connectivity index (χ0v) is 11.7. The Kier molecular flexibility index (Phi) is 5.23. The van der Waals surface area contributed by atoms with Crippen LogP contribution in [0.5, 0.6) is 0 Å². The summed E-state index contributed by atoms with van der Waals surface area (Å²) in [6.07, 6.45) is 6.19. The molecular weight excluding hydrogens is 256 g/mol. The summed E-state index contributed by atoms with van der Waals surface area (Å²) in [7, 11) is 0. The van der Waals surface area contributed by atoms with Gasteiger partial charge in [-0.25, -0.2) is 4.98 Å². The van der Waals surface area contributed by atoms with Crippen LogP contribution < -0.4 is 5.32 Å². The van der Waals surface area contributed by atoms with Gasteiger partial charge in [-0.15, -0.1) is 0 Å². The number of aliphatic hydroxyl groups excluding tert-OH is 1. The van der Waals surface area contributed by atoms with Crippen molar-refractivity contribution in [3.63, 3.8) is 0 Å². The second kappa shape index (κ2) is 7.14. The van der Waals surface area contributed by atoms with E-state index in [1.807, 2.05) is 26.0 Å². The molecule has 20 heavy (non-hydrogen) atoms. The molecular formula is C14H20N4O2. The second-order valence-corrected chi connectivity index (χ2v) is 4.70. The Bertz CT molecular complexity index is 513. The molecule has 0 saturated carbocycles. The highest BCUT2D eigenvalue weighted by Crippen LogP contribution is 2.15. The average Bonchev–Trinajstić information content (AvgIpc) is 2.94. The van der Waals surface area contributed by atoms with Gasteiger partial charge in [-0.3, -0.25) is 14.9 Å². The fourth-order valence-corrected chi connectivity index (χ4v) is 1.72. The van der Waals surface area contributed by atoms with Crippen LogP contribution in [0, 0.1) is 0 Å². The molecule has 0 fully saturated rings. The average molecular weight is 276 g/mol. The lowest BCUT2D eigenvalue weighted by molar-refractivity contribution is 0.0384. The van der Waals surface area contributed by atoms with Crippen molar-refractivity contribution in [2.24, 2.45) is 0 Å². The van der Waals surface area contributed by atoms with Crippen LogP contribution in [0.4, 0.5) is 0 Å². The summed E-state index contributed by atoms with van der Waals surface area (Å²) in [5.41, 5.74) is 1.69. The second-order valence-electron chi connectivity index (χ2n) is 4.70. The minimum Gasteiger partial charge on any atom is -0.377 e. The maximum atomic E-state index is 9.99. The quantitative estimate of drug-likeness (QED) is 0.591. The molecule has 0 bridgehead atoms. The number of pyridine rings is 1. The van der Waals surface area contributed by atoms with Gasteiger partial charge >= 0.3 is 0 Å². The van der Waals surface area contributed by atoms with E-state index < -0.39 is 6.35 Å². The first kappa shape index (κ1) is 14.6. The van der Waals surface area contributed by atoms with E-state index in [4.69, 9.17) is 4.74 Å². The summed E-state index contributed by atoms with van der Waals surface area (Å²) in [6.45, 7) is 5.08. The van der Waals surface area contributed by atoms with Gasteiger partial charge in [0.15, 0.2) is 6.35 Å². The van der Waals surface area contributed by atoms with E-state index in [0.29, 0.717) is 13.2 Å². The molecule has 2 rings (SSSR count). The van der Waals surface area contributed by atoms with Crippen LogP contribution in [0.15, 0.2) is 37.1 Å². The van der Waals surface area contributed by atoms with E-state index in [1.54, 1.807) is 29.5 Å². The van der Waals surface area contributed by atoms with Crippen molar-refractivity contribution >= 4 is 0 Å². The summed E-state index contributed by atoms with van der Waals surface area (Å²) in [4.78, 5) is 8.30. The molecule has 2 aromatic rings. The molecule has 0 aliphatic heterocycles. The maximum Gasteiger partial charge on any atom is 0.188 e. The number of rotatable bonds is 7. The van der Waals surface area contributed by atoms with Gasteiger partial charge in [0.2, 0.25) is 0 Å². The van der Waals surface area contributed by atoms with Gasteiger partial charge in [-0.1, -0.05) is 0 Å². The number of aromatic nitrogens is 3. The molecule has 1 atom stereocenters. The number of nitrogens with zero attached hydrogens (tertiary/aromatic N) is 3. The Hall–Kier alpha value is -1.76. The first-order valence-electron chi connectivity index (χ1n) is 6.63. The highest BCUT2D eigenvalue weighted by atomic mass is 16.5. The topological polar surface area (TPSA) is 72.2 Å². The lowest BCUT2D eigenvalue weighted by atomic mass is 10.2. The van der Waals surface area contributed by atoms with Gasteiger partial charge in [-0.05, 0) is 26.0 Å². The van der Waals surface area contributed by atoms with Crippen molar-refractivity contribution in [1.29, 1.82) is 0 Å². The third-order valence-corrected chi connectivity index (χ3v) is 2.72. The van der Waals surface area contributed by atoms with Crippen molar-refractivity contribution in [3.8, 4) is 11.3 Å². The van der Waals surface area contributed by atoms with Gasteiger partial charge in [0, 0.05) is 30.7 Å². The molecule has 0 aliphatic rings. The van der Waals surface area contributed by atoms with E-state index in [0.717, 1.165) is 11.3 Å². The highest BCUT2D eigenvalue weighted by molar-refractivity contribution is 5.56. The van der Waals surface area contributed by atoms with Gasteiger partial charge in [0.05, 0.1) is 24.7 Å². The Morgan fingerprint density at radius 2 is 2.30 bits per heavy atom. The summed E-state index contributed by atoms with van der Waals surface area (Å²) in [5, 5.41) is 12.9. The van der Waals surface area contributed by atoms with Crippen molar-refractivity contribution in [3.05, 3.63) is 37.1 Å². The predicted octanol–water partition coefficient (Wildman–Crippen LogP) is 1.41. The van der Waals surface area contributed by atoms with Crippen LogP contribution in [0.25, 0.3) is 11.3 Å². The molecule has 0 aliphatic carbocycles. The number of nitrogens with one attached hydrogen (secondary N) is 1. The van der Waals surface area contributed by atoms with E-state index >= 15 is 0 Å². The van der Waals surface area contributed by atoms with Gasteiger partial charge in [0.1, 0.15) is 0 Å². The van der Waals surface area contributed by atoms with Crippen molar-refractivity contribution in [1.82, 2.24) is 19.9 Å². The van der Waals surface area contributed by atoms with Gasteiger partial charge in [0.25, 0.3) is 0 Å². The lowest BCUT2D eigenvalue weighted by Crippen LogP contribution is -2.29. The van der Waals surface area contributed by atoms with Gasteiger partial charge < -0.3 is 9.84 Å². The van der Waals surface area contributed by atoms with Crippen molar-refractivity contribution in [2.45, 2.75) is 26.3 Å². The molecule has 2 N–H and O–H groups in total. The number of aliphatic hydroxyl groups is 1. The molecule has 2 aromatic heterocycles. The van der Waals surface area contributed by atoms with Crippen LogP contribution in [0.2, 0.25) is 0 Å². The fraction of sp³-hybridized carbons (Fsp3) is 0.429. The Morgan fingerprint density at radius 3 is 3.00 bits per heavy atom. The zero-order chi connectivity index (χ0) is 14.4. The van der Waals surface area contributed by atoms with Crippen LogP contribution in [-0.4, -0.2) is 38.9 Å². The Balaban J connectivity index is 1.88. The van der Waals surface area contributed by atoms with Crippen molar-refractivity contribution in [2.75, 3.05) is 13.2 Å². The number of hydrogen-bond donors (Lipinski definition) is 2. The monoisotopic (exact) mass is 276 g/mol. The van der Waals surface area contributed by atoms with Crippen LogP contribution in [0.1, 0.15) is 20.2 Å². The summed E-state index contributed by atoms with van der Waals surface area (Å²) >= 11 is 0. The molecule has 0 aromatic carbocycles. The van der Waals surface area contributed by atoms with Crippen LogP contribution in [-0.2, 0) is 4.74 Å². The summed E-state index contributed by atoms with van der Waals surface area (Å²) < 4.78 is 7.00. The predicted molar refractivity (Wildman–Crippen MR) is 75.8 cm³/mol. The molecule has 1 unspecified atom stereocenters. The van der Waals surface area contributed by atoms with E-state index in [2.05, 4.69) is 15.3 Å². The number of imidazole rings is 1. The minimum absolute atomic E-state index is 0.194. The van der Waals surface area contributed by atoms with Crippen LogP contribution in [0.3, 0.4) is 0 Å².